The molecule has 0 bridgehead atoms. The first-order valence-corrected chi connectivity index (χ1v) is 9.63. The number of sulfone groups is 1. The summed E-state index contributed by atoms with van der Waals surface area (Å²) in [5.41, 5.74) is 0. The zero-order valence-electron chi connectivity index (χ0n) is 7.19. The van der Waals surface area contributed by atoms with Crippen LogP contribution in [0.3, 0.4) is 0 Å². The van der Waals surface area contributed by atoms with Gasteiger partial charge in [-0.05, 0) is 19.8 Å². The van der Waals surface area contributed by atoms with Gasteiger partial charge in [0.15, 0.2) is 9.84 Å². The van der Waals surface area contributed by atoms with Crippen LogP contribution in [0.2, 0.25) is 0 Å². The number of rotatable bonds is 2. The lowest BCUT2D eigenvalue weighted by Gasteiger charge is -2.10. The first kappa shape index (κ1) is 10.6. The molecule has 0 aromatic heterocycles. The summed E-state index contributed by atoms with van der Waals surface area (Å²) in [6, 6.07) is 0. The second-order valence-corrected chi connectivity index (χ2v) is 12.3. The Morgan fingerprint density at radius 1 is 1.42 bits per heavy atom. The molecule has 1 fully saturated rings. The standard InChI is InChI=1S/C6H13O3PS2/c1-10(2,7)11-6-3-4-12(8,9)5-6/h6H,3-5H2,1-2H3. The molecule has 0 radical (unpaired) electrons. The minimum absolute atomic E-state index is 0.0656. The van der Waals surface area contributed by atoms with E-state index in [1.807, 2.05) is 0 Å². The van der Waals surface area contributed by atoms with Crippen LogP contribution < -0.4 is 0 Å². The third-order valence-electron chi connectivity index (χ3n) is 1.59. The molecule has 0 aromatic rings. The normalized spacial score (nSPS) is 29.0. The molecule has 6 heteroatoms. The van der Waals surface area contributed by atoms with Crippen LogP contribution in [0.15, 0.2) is 0 Å². The maximum absolute atomic E-state index is 11.3. The summed E-state index contributed by atoms with van der Waals surface area (Å²) in [5.74, 6) is 0.480. The molecule has 1 aliphatic heterocycles. The fourth-order valence-electron chi connectivity index (χ4n) is 1.20. The van der Waals surface area contributed by atoms with Crippen molar-refractivity contribution in [3.05, 3.63) is 0 Å². The van der Waals surface area contributed by atoms with Crippen LogP contribution in [0.1, 0.15) is 6.42 Å². The van der Waals surface area contributed by atoms with Crippen molar-refractivity contribution in [1.82, 2.24) is 0 Å². The summed E-state index contributed by atoms with van der Waals surface area (Å²) in [5, 5.41) is 0.0656. The van der Waals surface area contributed by atoms with Crippen LogP contribution in [-0.4, -0.2) is 38.5 Å². The molecule has 0 aliphatic carbocycles. The van der Waals surface area contributed by atoms with Gasteiger partial charge < -0.3 is 4.57 Å². The highest BCUT2D eigenvalue weighted by atomic mass is 32.7. The van der Waals surface area contributed by atoms with Crippen molar-refractivity contribution in [2.24, 2.45) is 0 Å². The monoisotopic (exact) mass is 228 g/mol. The van der Waals surface area contributed by atoms with Gasteiger partial charge in [-0.1, -0.05) is 11.4 Å². The predicted octanol–water partition coefficient (Wildman–Crippen LogP) is 1.44. The van der Waals surface area contributed by atoms with Gasteiger partial charge in [0, 0.05) is 5.25 Å². The second-order valence-electron chi connectivity index (χ2n) is 3.38. The Bertz CT molecular complexity index is 303. The van der Waals surface area contributed by atoms with Crippen molar-refractivity contribution in [3.63, 3.8) is 0 Å². The van der Waals surface area contributed by atoms with E-state index in [2.05, 4.69) is 0 Å². The van der Waals surface area contributed by atoms with E-state index in [0.29, 0.717) is 6.42 Å². The van der Waals surface area contributed by atoms with E-state index in [9.17, 15) is 13.0 Å². The molecule has 1 heterocycles. The Morgan fingerprint density at radius 2 is 2.00 bits per heavy atom. The Kier molecular flexibility index (Phi) is 2.96. The molecule has 12 heavy (non-hydrogen) atoms. The van der Waals surface area contributed by atoms with Gasteiger partial charge in [-0.15, -0.1) is 0 Å². The molecule has 1 rings (SSSR count). The van der Waals surface area contributed by atoms with Crippen LogP contribution >= 0.6 is 17.7 Å². The zero-order chi connectivity index (χ0) is 9.41. The molecule has 1 aliphatic rings. The Hall–Kier alpha value is 0.530. The molecule has 0 aromatic carbocycles. The van der Waals surface area contributed by atoms with E-state index in [1.54, 1.807) is 13.3 Å². The SMILES string of the molecule is CP(C)(=O)SC1CCS(=O)(=O)C1. The van der Waals surface area contributed by atoms with Crippen molar-refractivity contribution >= 4 is 27.6 Å². The predicted molar refractivity (Wildman–Crippen MR) is 54.1 cm³/mol. The van der Waals surface area contributed by atoms with E-state index in [0.717, 1.165) is 0 Å². The molecular formula is C6H13O3PS2. The quantitative estimate of drug-likeness (QED) is 0.671. The first-order valence-electron chi connectivity index (χ1n) is 3.72. The van der Waals surface area contributed by atoms with Crippen LogP contribution in [0, 0.1) is 0 Å². The lowest BCUT2D eigenvalue weighted by Crippen LogP contribution is -2.05. The summed E-state index contributed by atoms with van der Waals surface area (Å²) >= 11 is 1.34. The summed E-state index contributed by atoms with van der Waals surface area (Å²) in [6.07, 6.45) is -1.45. The lowest BCUT2D eigenvalue weighted by molar-refractivity contribution is 0.591. The van der Waals surface area contributed by atoms with Gasteiger partial charge in [-0.2, -0.15) is 0 Å². The fourth-order valence-corrected chi connectivity index (χ4v) is 7.72. The molecule has 0 spiro atoms. The largest absolute Gasteiger partial charge is 0.313 e. The van der Waals surface area contributed by atoms with Gasteiger partial charge in [-0.3, -0.25) is 0 Å². The van der Waals surface area contributed by atoms with Gasteiger partial charge in [-0.25, -0.2) is 8.42 Å². The van der Waals surface area contributed by atoms with Crippen LogP contribution in [0.5, 0.6) is 0 Å². The van der Waals surface area contributed by atoms with Crippen molar-refractivity contribution in [2.45, 2.75) is 11.7 Å². The van der Waals surface area contributed by atoms with Crippen LogP contribution in [0.25, 0.3) is 0 Å². The van der Waals surface area contributed by atoms with Crippen molar-refractivity contribution in [1.29, 1.82) is 0 Å². The van der Waals surface area contributed by atoms with Gasteiger partial charge in [0.25, 0.3) is 0 Å². The molecule has 0 saturated carbocycles. The second kappa shape index (κ2) is 3.35. The molecule has 1 unspecified atom stereocenters. The van der Waals surface area contributed by atoms with Gasteiger partial charge in [0.1, 0.15) is 6.34 Å². The Balaban J connectivity index is 2.55. The molecular weight excluding hydrogens is 215 g/mol. The minimum Gasteiger partial charge on any atom is -0.313 e. The van der Waals surface area contributed by atoms with Crippen molar-refractivity contribution < 1.29 is 13.0 Å². The highest BCUT2D eigenvalue weighted by Gasteiger charge is 2.30. The molecule has 1 saturated heterocycles. The zero-order valence-corrected chi connectivity index (χ0v) is 9.71. The van der Waals surface area contributed by atoms with E-state index >= 15 is 0 Å². The minimum atomic E-state index is -2.81. The smallest absolute Gasteiger partial charge is 0.151 e. The van der Waals surface area contributed by atoms with E-state index in [-0.39, 0.29) is 16.8 Å². The van der Waals surface area contributed by atoms with Crippen molar-refractivity contribution in [3.8, 4) is 0 Å². The maximum Gasteiger partial charge on any atom is 0.151 e. The fraction of sp³-hybridized carbons (Fsp3) is 1.00. The Morgan fingerprint density at radius 3 is 2.33 bits per heavy atom. The highest BCUT2D eigenvalue weighted by molar-refractivity contribution is 8.58. The van der Waals surface area contributed by atoms with Gasteiger partial charge >= 0.3 is 0 Å². The van der Waals surface area contributed by atoms with E-state index < -0.39 is 16.2 Å². The lowest BCUT2D eigenvalue weighted by atomic mass is 10.4. The molecule has 0 amide bonds. The maximum atomic E-state index is 11.3. The third kappa shape index (κ3) is 3.50. The summed E-state index contributed by atoms with van der Waals surface area (Å²) in [4.78, 5) is 0. The van der Waals surface area contributed by atoms with E-state index in [1.165, 1.54) is 11.4 Å². The van der Waals surface area contributed by atoms with Gasteiger partial charge in [0.2, 0.25) is 0 Å². The Labute approximate surface area is 77.3 Å². The summed E-state index contributed by atoms with van der Waals surface area (Å²) in [6.45, 7) is 3.37. The number of hydrogen-bond donors (Lipinski definition) is 0. The average molecular weight is 228 g/mol. The van der Waals surface area contributed by atoms with Crippen LogP contribution in [-0.2, 0) is 14.4 Å². The van der Waals surface area contributed by atoms with E-state index in [4.69, 9.17) is 0 Å². The molecule has 0 N–H and O–H groups in total. The average Bonchev–Trinajstić information content (AvgIpc) is 2.05. The van der Waals surface area contributed by atoms with Crippen LogP contribution in [0.4, 0.5) is 0 Å². The summed E-state index contributed by atoms with van der Waals surface area (Å²) < 4.78 is 33.4. The summed E-state index contributed by atoms with van der Waals surface area (Å²) in [7, 11) is -2.81. The van der Waals surface area contributed by atoms with Crippen molar-refractivity contribution in [2.75, 3.05) is 24.8 Å². The third-order valence-corrected chi connectivity index (χ3v) is 7.20. The number of hydrogen-bond acceptors (Lipinski definition) is 4. The first-order chi connectivity index (χ1) is 5.29. The molecule has 3 nitrogen and oxygen atoms in total. The highest BCUT2D eigenvalue weighted by Crippen LogP contribution is 2.55. The molecule has 1 atom stereocenters. The topological polar surface area (TPSA) is 51.2 Å². The molecule has 72 valence electrons. The van der Waals surface area contributed by atoms with Gasteiger partial charge in [0.05, 0.1) is 11.5 Å².